The second kappa shape index (κ2) is 6.35. The zero-order valence-corrected chi connectivity index (χ0v) is 8.46. The van der Waals surface area contributed by atoms with Crippen molar-refractivity contribution in [1.29, 1.82) is 0 Å². The van der Waals surface area contributed by atoms with Crippen LogP contribution in [-0.4, -0.2) is 37.5 Å². The number of aliphatic hydroxyl groups excluding tert-OH is 1. The van der Waals surface area contributed by atoms with E-state index in [1.165, 1.54) is 0 Å². The van der Waals surface area contributed by atoms with Crippen LogP contribution in [0.3, 0.4) is 0 Å². The molecule has 1 unspecified atom stereocenters. The molecule has 0 spiro atoms. The Labute approximate surface area is 80.5 Å². The van der Waals surface area contributed by atoms with Gasteiger partial charge in [-0.05, 0) is 38.3 Å². The number of ether oxygens (including phenoxy) is 1. The zero-order valence-electron chi connectivity index (χ0n) is 8.46. The Morgan fingerprint density at radius 3 is 2.77 bits per heavy atom. The van der Waals surface area contributed by atoms with Crippen molar-refractivity contribution >= 4 is 0 Å². The molecule has 0 bridgehead atoms. The molecule has 0 saturated carbocycles. The van der Waals surface area contributed by atoms with E-state index in [9.17, 15) is 5.11 Å². The maximum atomic E-state index is 9.75. The average Bonchev–Trinajstić information content (AvgIpc) is 2.19. The van der Waals surface area contributed by atoms with Crippen molar-refractivity contribution in [2.75, 3.05) is 26.3 Å². The molecule has 3 nitrogen and oxygen atoms in total. The van der Waals surface area contributed by atoms with Gasteiger partial charge in [0.2, 0.25) is 0 Å². The van der Waals surface area contributed by atoms with E-state index < -0.39 is 0 Å². The van der Waals surface area contributed by atoms with Crippen molar-refractivity contribution in [2.45, 2.75) is 32.3 Å². The first-order chi connectivity index (χ1) is 6.34. The SMILES string of the molecule is CCCOCC(O)C1CCNCC1. The molecule has 1 saturated heterocycles. The third-order valence-electron chi connectivity index (χ3n) is 2.57. The largest absolute Gasteiger partial charge is 0.390 e. The minimum Gasteiger partial charge on any atom is -0.390 e. The van der Waals surface area contributed by atoms with E-state index in [-0.39, 0.29) is 6.10 Å². The van der Waals surface area contributed by atoms with Crippen LogP contribution in [0.4, 0.5) is 0 Å². The van der Waals surface area contributed by atoms with Crippen LogP contribution in [0.15, 0.2) is 0 Å². The standard InChI is InChI=1S/C10H21NO2/c1-2-7-13-8-10(12)9-3-5-11-6-4-9/h9-12H,2-8H2,1H3. The monoisotopic (exact) mass is 187 g/mol. The summed E-state index contributed by atoms with van der Waals surface area (Å²) in [6, 6.07) is 0. The molecule has 1 atom stereocenters. The average molecular weight is 187 g/mol. The lowest BCUT2D eigenvalue weighted by Crippen LogP contribution is -2.36. The van der Waals surface area contributed by atoms with Gasteiger partial charge in [-0.2, -0.15) is 0 Å². The van der Waals surface area contributed by atoms with Gasteiger partial charge < -0.3 is 15.2 Å². The molecule has 0 aliphatic carbocycles. The summed E-state index contributed by atoms with van der Waals surface area (Å²) < 4.78 is 5.33. The highest BCUT2D eigenvalue weighted by Gasteiger charge is 2.21. The highest BCUT2D eigenvalue weighted by Crippen LogP contribution is 2.16. The summed E-state index contributed by atoms with van der Waals surface area (Å²) in [5, 5.41) is 13.0. The Morgan fingerprint density at radius 1 is 1.46 bits per heavy atom. The first-order valence-corrected chi connectivity index (χ1v) is 5.31. The summed E-state index contributed by atoms with van der Waals surface area (Å²) in [5.74, 6) is 0.443. The number of aliphatic hydroxyl groups is 1. The van der Waals surface area contributed by atoms with Gasteiger partial charge in [-0.1, -0.05) is 6.92 Å². The first-order valence-electron chi connectivity index (χ1n) is 5.31. The van der Waals surface area contributed by atoms with Crippen LogP contribution in [-0.2, 0) is 4.74 Å². The van der Waals surface area contributed by atoms with Crippen molar-refractivity contribution in [2.24, 2.45) is 5.92 Å². The van der Waals surface area contributed by atoms with E-state index in [1.54, 1.807) is 0 Å². The van der Waals surface area contributed by atoms with Gasteiger partial charge in [0.25, 0.3) is 0 Å². The first kappa shape index (κ1) is 11.0. The number of hydrogen-bond acceptors (Lipinski definition) is 3. The summed E-state index contributed by atoms with van der Waals surface area (Å²) in [6.45, 7) is 5.43. The third kappa shape index (κ3) is 4.07. The van der Waals surface area contributed by atoms with Crippen LogP contribution in [0.25, 0.3) is 0 Å². The van der Waals surface area contributed by atoms with Crippen LogP contribution in [0.1, 0.15) is 26.2 Å². The zero-order chi connectivity index (χ0) is 9.52. The van der Waals surface area contributed by atoms with E-state index in [0.717, 1.165) is 39.0 Å². The summed E-state index contributed by atoms with van der Waals surface area (Å²) >= 11 is 0. The van der Waals surface area contributed by atoms with Crippen molar-refractivity contribution in [3.8, 4) is 0 Å². The molecule has 13 heavy (non-hydrogen) atoms. The Morgan fingerprint density at radius 2 is 2.15 bits per heavy atom. The Bertz CT molecular complexity index is 124. The lowest BCUT2D eigenvalue weighted by atomic mass is 9.93. The fourth-order valence-corrected chi connectivity index (χ4v) is 1.71. The molecule has 1 aliphatic heterocycles. The van der Waals surface area contributed by atoms with Gasteiger partial charge in [0.05, 0.1) is 12.7 Å². The Kier molecular flexibility index (Phi) is 5.35. The molecule has 0 aromatic rings. The molecule has 3 heteroatoms. The predicted octanol–water partition coefficient (Wildman–Crippen LogP) is 0.773. The molecule has 2 N–H and O–H groups in total. The van der Waals surface area contributed by atoms with Gasteiger partial charge >= 0.3 is 0 Å². The minimum atomic E-state index is -0.256. The third-order valence-corrected chi connectivity index (χ3v) is 2.57. The lowest BCUT2D eigenvalue weighted by Gasteiger charge is -2.26. The van der Waals surface area contributed by atoms with Gasteiger partial charge in [0.15, 0.2) is 0 Å². The quantitative estimate of drug-likeness (QED) is 0.625. The molecule has 0 aromatic heterocycles. The predicted molar refractivity (Wildman–Crippen MR) is 52.7 cm³/mol. The maximum absolute atomic E-state index is 9.75. The van der Waals surface area contributed by atoms with Crippen LogP contribution in [0.5, 0.6) is 0 Å². The van der Waals surface area contributed by atoms with E-state index in [2.05, 4.69) is 12.2 Å². The van der Waals surface area contributed by atoms with Crippen molar-refractivity contribution in [3.05, 3.63) is 0 Å². The number of piperidine rings is 1. The molecule has 1 rings (SSSR count). The fraction of sp³-hybridized carbons (Fsp3) is 1.00. The summed E-state index contributed by atoms with van der Waals surface area (Å²) in [4.78, 5) is 0. The summed E-state index contributed by atoms with van der Waals surface area (Å²) in [5.41, 5.74) is 0. The van der Waals surface area contributed by atoms with Crippen molar-refractivity contribution in [1.82, 2.24) is 5.32 Å². The fourth-order valence-electron chi connectivity index (χ4n) is 1.71. The van der Waals surface area contributed by atoms with Crippen molar-refractivity contribution < 1.29 is 9.84 Å². The molecule has 1 heterocycles. The lowest BCUT2D eigenvalue weighted by molar-refractivity contribution is -0.00274. The van der Waals surface area contributed by atoms with E-state index in [4.69, 9.17) is 4.74 Å². The normalized spacial score (nSPS) is 21.7. The van der Waals surface area contributed by atoms with Gasteiger partial charge in [0.1, 0.15) is 0 Å². The van der Waals surface area contributed by atoms with E-state index in [1.807, 2.05) is 0 Å². The topological polar surface area (TPSA) is 41.5 Å². The van der Waals surface area contributed by atoms with Crippen LogP contribution in [0, 0.1) is 5.92 Å². The highest BCUT2D eigenvalue weighted by atomic mass is 16.5. The Hall–Kier alpha value is -0.120. The smallest absolute Gasteiger partial charge is 0.0802 e. The summed E-state index contributed by atoms with van der Waals surface area (Å²) in [7, 11) is 0. The van der Waals surface area contributed by atoms with Crippen LogP contribution >= 0.6 is 0 Å². The molecule has 78 valence electrons. The molecule has 0 aromatic carbocycles. The number of nitrogens with one attached hydrogen (secondary N) is 1. The highest BCUT2D eigenvalue weighted by molar-refractivity contribution is 4.74. The number of rotatable bonds is 5. The van der Waals surface area contributed by atoms with Gasteiger partial charge in [-0.25, -0.2) is 0 Å². The molecule has 1 aliphatic rings. The Balaban J connectivity index is 2.09. The van der Waals surface area contributed by atoms with E-state index >= 15 is 0 Å². The molecule has 0 amide bonds. The molecular weight excluding hydrogens is 166 g/mol. The van der Waals surface area contributed by atoms with Crippen LogP contribution < -0.4 is 5.32 Å². The second-order valence-electron chi connectivity index (χ2n) is 3.73. The van der Waals surface area contributed by atoms with Gasteiger partial charge in [-0.3, -0.25) is 0 Å². The van der Waals surface area contributed by atoms with Gasteiger partial charge in [0, 0.05) is 6.61 Å². The molecule has 1 fully saturated rings. The minimum absolute atomic E-state index is 0.256. The maximum Gasteiger partial charge on any atom is 0.0802 e. The summed E-state index contributed by atoms with van der Waals surface area (Å²) in [6.07, 6.45) is 2.93. The van der Waals surface area contributed by atoms with Crippen molar-refractivity contribution in [3.63, 3.8) is 0 Å². The van der Waals surface area contributed by atoms with Gasteiger partial charge in [-0.15, -0.1) is 0 Å². The van der Waals surface area contributed by atoms with E-state index in [0.29, 0.717) is 12.5 Å². The second-order valence-corrected chi connectivity index (χ2v) is 3.73. The number of hydrogen-bond donors (Lipinski definition) is 2. The molecule has 0 radical (unpaired) electrons. The molecular formula is C10H21NO2. The van der Waals surface area contributed by atoms with Crippen LogP contribution in [0.2, 0.25) is 0 Å².